The molecule has 3 rings (SSSR count). The molecule has 0 saturated carbocycles. The highest BCUT2D eigenvalue weighted by molar-refractivity contribution is 5.73. The standard InChI is InChI=1S/C20H24N4O2/c1-2-26-20(25)13-8-14-23(15-17-9-4-3-5-10-17)16-24-19-12-7-6-11-18(19)21-22-24/h3-7,9-12H,2,8,13-16H2,1H3. The van der Waals surface area contributed by atoms with Gasteiger partial charge in [0.05, 0.1) is 18.8 Å². The molecule has 1 heterocycles. The molecule has 0 unspecified atom stereocenters. The summed E-state index contributed by atoms with van der Waals surface area (Å²) in [7, 11) is 0. The van der Waals surface area contributed by atoms with Gasteiger partial charge in [-0.2, -0.15) is 0 Å². The molecule has 136 valence electrons. The predicted molar refractivity (Wildman–Crippen MR) is 100 cm³/mol. The van der Waals surface area contributed by atoms with Gasteiger partial charge in [0.25, 0.3) is 0 Å². The van der Waals surface area contributed by atoms with Crippen LogP contribution in [0, 0.1) is 0 Å². The van der Waals surface area contributed by atoms with Crippen molar-refractivity contribution in [2.75, 3.05) is 13.2 Å². The number of aromatic nitrogens is 3. The highest BCUT2D eigenvalue weighted by Crippen LogP contribution is 2.13. The lowest BCUT2D eigenvalue weighted by Gasteiger charge is -2.22. The van der Waals surface area contributed by atoms with Crippen LogP contribution in [-0.4, -0.2) is 39.0 Å². The van der Waals surface area contributed by atoms with Gasteiger partial charge in [-0.25, -0.2) is 4.68 Å². The lowest BCUT2D eigenvalue weighted by atomic mass is 10.2. The van der Waals surface area contributed by atoms with Crippen molar-refractivity contribution in [1.29, 1.82) is 0 Å². The van der Waals surface area contributed by atoms with E-state index in [1.807, 2.05) is 54.1 Å². The van der Waals surface area contributed by atoms with E-state index in [1.54, 1.807) is 0 Å². The van der Waals surface area contributed by atoms with Crippen molar-refractivity contribution in [1.82, 2.24) is 19.9 Å². The first kappa shape index (κ1) is 18.1. The highest BCUT2D eigenvalue weighted by atomic mass is 16.5. The van der Waals surface area contributed by atoms with Crippen molar-refractivity contribution in [3.8, 4) is 0 Å². The summed E-state index contributed by atoms with van der Waals surface area (Å²) in [5.41, 5.74) is 3.13. The number of rotatable bonds is 9. The van der Waals surface area contributed by atoms with E-state index in [9.17, 15) is 4.79 Å². The third kappa shape index (κ3) is 4.89. The Morgan fingerprint density at radius 3 is 2.69 bits per heavy atom. The monoisotopic (exact) mass is 352 g/mol. The average Bonchev–Trinajstić information content (AvgIpc) is 3.06. The Labute approximate surface area is 153 Å². The molecule has 0 radical (unpaired) electrons. The normalized spacial score (nSPS) is 11.2. The number of para-hydroxylation sites is 1. The highest BCUT2D eigenvalue weighted by Gasteiger charge is 2.12. The molecule has 0 amide bonds. The molecule has 0 fully saturated rings. The Bertz CT molecular complexity index is 832. The summed E-state index contributed by atoms with van der Waals surface area (Å²) < 4.78 is 6.93. The van der Waals surface area contributed by atoms with Gasteiger partial charge in [-0.05, 0) is 31.0 Å². The van der Waals surface area contributed by atoms with Crippen molar-refractivity contribution >= 4 is 17.0 Å². The second-order valence-corrected chi connectivity index (χ2v) is 6.17. The number of esters is 1. The van der Waals surface area contributed by atoms with E-state index in [0.717, 1.165) is 30.5 Å². The number of nitrogens with zero attached hydrogens (tertiary/aromatic N) is 4. The zero-order valence-electron chi connectivity index (χ0n) is 15.0. The molecule has 0 spiro atoms. The zero-order valence-corrected chi connectivity index (χ0v) is 15.0. The molecule has 2 aromatic carbocycles. The fourth-order valence-corrected chi connectivity index (χ4v) is 2.93. The predicted octanol–water partition coefficient (Wildman–Crippen LogP) is 3.23. The topological polar surface area (TPSA) is 60.2 Å². The molecule has 0 aliphatic rings. The third-order valence-corrected chi connectivity index (χ3v) is 4.16. The van der Waals surface area contributed by atoms with Crippen LogP contribution in [0.3, 0.4) is 0 Å². The summed E-state index contributed by atoms with van der Waals surface area (Å²) >= 11 is 0. The van der Waals surface area contributed by atoms with Crippen molar-refractivity contribution in [2.45, 2.75) is 33.0 Å². The largest absolute Gasteiger partial charge is 0.466 e. The maximum absolute atomic E-state index is 11.6. The van der Waals surface area contributed by atoms with Gasteiger partial charge < -0.3 is 4.74 Å². The fourth-order valence-electron chi connectivity index (χ4n) is 2.93. The van der Waals surface area contributed by atoms with E-state index in [4.69, 9.17) is 4.74 Å². The second kappa shape index (κ2) is 9.10. The number of hydrogen-bond donors (Lipinski definition) is 0. The van der Waals surface area contributed by atoms with Crippen LogP contribution in [-0.2, 0) is 22.7 Å². The lowest BCUT2D eigenvalue weighted by molar-refractivity contribution is -0.143. The number of hydrogen-bond acceptors (Lipinski definition) is 5. The van der Waals surface area contributed by atoms with Crippen LogP contribution in [0.2, 0.25) is 0 Å². The summed E-state index contributed by atoms with van der Waals surface area (Å²) in [4.78, 5) is 13.9. The van der Waals surface area contributed by atoms with Gasteiger partial charge in [0.1, 0.15) is 5.52 Å². The molecule has 0 atom stereocenters. The summed E-state index contributed by atoms with van der Waals surface area (Å²) in [5, 5.41) is 8.51. The summed E-state index contributed by atoms with van der Waals surface area (Å²) in [6, 6.07) is 18.2. The second-order valence-electron chi connectivity index (χ2n) is 6.17. The number of benzene rings is 2. The molecule has 0 saturated heterocycles. The Hall–Kier alpha value is -2.73. The minimum absolute atomic E-state index is 0.140. The average molecular weight is 352 g/mol. The summed E-state index contributed by atoms with van der Waals surface area (Å²) in [6.07, 6.45) is 1.18. The van der Waals surface area contributed by atoms with Crippen LogP contribution in [0.1, 0.15) is 25.3 Å². The first-order chi connectivity index (χ1) is 12.8. The number of carbonyl (C=O) groups is 1. The number of ether oxygens (including phenoxy) is 1. The number of fused-ring (bicyclic) bond motifs is 1. The van der Waals surface area contributed by atoms with Crippen LogP contribution in [0.5, 0.6) is 0 Å². The van der Waals surface area contributed by atoms with E-state index >= 15 is 0 Å². The molecule has 0 N–H and O–H groups in total. The van der Waals surface area contributed by atoms with Crippen LogP contribution in [0.25, 0.3) is 11.0 Å². The van der Waals surface area contributed by atoms with Crippen molar-refractivity contribution in [3.63, 3.8) is 0 Å². The molecule has 0 aliphatic carbocycles. The Kier molecular flexibility index (Phi) is 6.33. The summed E-state index contributed by atoms with van der Waals surface area (Å²) in [5.74, 6) is -0.140. The van der Waals surface area contributed by atoms with E-state index in [0.29, 0.717) is 19.7 Å². The van der Waals surface area contributed by atoms with Crippen LogP contribution in [0.15, 0.2) is 54.6 Å². The van der Waals surface area contributed by atoms with Gasteiger partial charge in [-0.15, -0.1) is 5.10 Å². The minimum atomic E-state index is -0.140. The third-order valence-electron chi connectivity index (χ3n) is 4.16. The Morgan fingerprint density at radius 1 is 1.12 bits per heavy atom. The van der Waals surface area contributed by atoms with Crippen molar-refractivity contribution in [2.24, 2.45) is 0 Å². The van der Waals surface area contributed by atoms with Gasteiger partial charge in [-0.1, -0.05) is 47.7 Å². The zero-order chi connectivity index (χ0) is 18.2. The molecular weight excluding hydrogens is 328 g/mol. The van der Waals surface area contributed by atoms with Crippen LogP contribution < -0.4 is 0 Å². The van der Waals surface area contributed by atoms with Crippen LogP contribution in [0.4, 0.5) is 0 Å². The molecule has 6 heteroatoms. The quantitative estimate of drug-likeness (QED) is 0.553. The maximum Gasteiger partial charge on any atom is 0.305 e. The molecule has 1 aromatic heterocycles. The van der Waals surface area contributed by atoms with Gasteiger partial charge in [-0.3, -0.25) is 9.69 Å². The van der Waals surface area contributed by atoms with E-state index in [1.165, 1.54) is 5.56 Å². The van der Waals surface area contributed by atoms with Crippen LogP contribution >= 0.6 is 0 Å². The summed E-state index contributed by atoms with van der Waals surface area (Å²) in [6.45, 7) is 4.45. The van der Waals surface area contributed by atoms with E-state index in [-0.39, 0.29) is 5.97 Å². The van der Waals surface area contributed by atoms with Gasteiger partial charge in [0, 0.05) is 19.5 Å². The maximum atomic E-state index is 11.6. The molecule has 0 aliphatic heterocycles. The molecule has 6 nitrogen and oxygen atoms in total. The lowest BCUT2D eigenvalue weighted by Crippen LogP contribution is -2.28. The molecular formula is C20H24N4O2. The van der Waals surface area contributed by atoms with Crippen molar-refractivity contribution < 1.29 is 9.53 Å². The SMILES string of the molecule is CCOC(=O)CCCN(Cc1ccccc1)Cn1nnc2ccccc21. The Morgan fingerprint density at radius 2 is 1.88 bits per heavy atom. The van der Waals surface area contributed by atoms with E-state index in [2.05, 4.69) is 27.3 Å². The number of carbonyl (C=O) groups excluding carboxylic acids is 1. The van der Waals surface area contributed by atoms with Crippen molar-refractivity contribution in [3.05, 3.63) is 60.2 Å². The molecule has 26 heavy (non-hydrogen) atoms. The van der Waals surface area contributed by atoms with Gasteiger partial charge in [0.2, 0.25) is 0 Å². The smallest absolute Gasteiger partial charge is 0.305 e. The Balaban J connectivity index is 1.68. The minimum Gasteiger partial charge on any atom is -0.466 e. The fraction of sp³-hybridized carbons (Fsp3) is 0.350. The first-order valence-electron chi connectivity index (χ1n) is 8.96. The molecule has 0 bridgehead atoms. The van der Waals surface area contributed by atoms with E-state index < -0.39 is 0 Å². The molecule has 3 aromatic rings. The van der Waals surface area contributed by atoms with Gasteiger partial charge >= 0.3 is 5.97 Å². The van der Waals surface area contributed by atoms with Gasteiger partial charge in [0.15, 0.2) is 0 Å². The first-order valence-corrected chi connectivity index (χ1v) is 8.96.